The Morgan fingerprint density at radius 1 is 0.172 bits per heavy atom. The number of carbonyl (C=O) groups is 6. The highest BCUT2D eigenvalue weighted by molar-refractivity contribution is 6.15. The van der Waals surface area contributed by atoms with Crippen LogP contribution in [0.4, 0.5) is 0 Å². The molecule has 0 aliphatic carbocycles. The number of hydrogen-bond donors (Lipinski definition) is 0. The van der Waals surface area contributed by atoms with E-state index >= 15 is 28.8 Å². The average Bonchev–Trinajstić information content (AvgIpc) is 0.783. The molecule has 7 nitrogen and oxygen atoms in total. The minimum atomic E-state index is -2.40. The van der Waals surface area contributed by atoms with Crippen LogP contribution in [0.3, 0.4) is 0 Å². The molecule has 0 N–H and O–H groups in total. The van der Waals surface area contributed by atoms with E-state index in [4.69, 9.17) is 4.74 Å². The van der Waals surface area contributed by atoms with Crippen LogP contribution in [0.5, 0.6) is 0 Å². The van der Waals surface area contributed by atoms with Gasteiger partial charge in [0.05, 0.1) is 0 Å². The Kier molecular flexibility index (Phi) is 16.0. The van der Waals surface area contributed by atoms with Crippen molar-refractivity contribution in [2.45, 2.75) is 11.2 Å². The van der Waals surface area contributed by atoms with Crippen LogP contribution in [0.1, 0.15) is 129 Å². The van der Waals surface area contributed by atoms with Crippen LogP contribution in [-0.2, 0) is 15.9 Å². The number of hydrogen-bond acceptors (Lipinski definition) is 7. The Morgan fingerprint density at radius 3 is 0.448 bits per heavy atom. The lowest BCUT2D eigenvalue weighted by molar-refractivity contribution is -0.0822. The monoisotopic (exact) mass is 1130 g/mol. The molecule has 0 radical (unpaired) electrons. The Balaban J connectivity index is 1.35. The molecule has 12 aromatic carbocycles. The van der Waals surface area contributed by atoms with Crippen LogP contribution in [0.15, 0.2) is 328 Å². The molecule has 416 valence electrons. The Labute approximate surface area is 504 Å². The van der Waals surface area contributed by atoms with Crippen molar-refractivity contribution in [3.63, 3.8) is 0 Å². The molecule has 0 aliphatic heterocycles. The Morgan fingerprint density at radius 2 is 0.299 bits per heavy atom. The third kappa shape index (κ3) is 10.6. The fraction of sp³-hybridized carbons (Fsp3) is 0.0250. The van der Waals surface area contributed by atoms with Gasteiger partial charge in [-0.05, 0) is 0 Å². The highest BCUT2D eigenvalue weighted by Crippen LogP contribution is 2.56. The molecule has 0 fully saturated rings. The van der Waals surface area contributed by atoms with Gasteiger partial charge in [0.25, 0.3) is 0 Å². The molecule has 0 amide bonds. The largest absolute Gasteiger partial charge is 0.340 e. The van der Waals surface area contributed by atoms with Crippen molar-refractivity contribution in [3.05, 3.63) is 428 Å². The van der Waals surface area contributed by atoms with Gasteiger partial charge in [-0.2, -0.15) is 0 Å². The molecule has 87 heavy (non-hydrogen) atoms. The summed E-state index contributed by atoms with van der Waals surface area (Å²) in [6.07, 6.45) is 0. The van der Waals surface area contributed by atoms with E-state index in [1.165, 1.54) is 0 Å². The molecule has 0 spiro atoms. The quantitative estimate of drug-likeness (QED) is 0.0552. The molecule has 0 atom stereocenters. The SMILES string of the molecule is O=C(c1ccccc1)c1ccccc1C(OC(c1ccccc1C(=O)c1ccccc1)(c1ccccc1C(=O)c1ccccc1)c1ccccc1C(=O)c1ccccc1)(c1ccccc1C(=O)c1ccccc1)c1ccccc1C(=O)c1ccccc1. The van der Waals surface area contributed by atoms with Crippen molar-refractivity contribution in [1.82, 2.24) is 0 Å². The summed E-state index contributed by atoms with van der Waals surface area (Å²) in [5.74, 6) is -2.57. The molecule has 12 aromatic rings. The summed E-state index contributed by atoms with van der Waals surface area (Å²) in [5, 5.41) is 0. The molecule has 0 aliphatic rings. The van der Waals surface area contributed by atoms with Crippen molar-refractivity contribution in [3.8, 4) is 0 Å². The topological polar surface area (TPSA) is 112 Å². The predicted molar refractivity (Wildman–Crippen MR) is 339 cm³/mol. The zero-order chi connectivity index (χ0) is 59.7. The molecule has 0 bridgehead atoms. The van der Waals surface area contributed by atoms with Crippen LogP contribution >= 0.6 is 0 Å². The summed E-state index contributed by atoms with van der Waals surface area (Å²) in [4.78, 5) is 96.1. The maximum absolute atomic E-state index is 16.0. The zero-order valence-electron chi connectivity index (χ0n) is 47.0. The molecule has 12 rings (SSSR count). The number of ketones is 6. The fourth-order valence-electron chi connectivity index (χ4n) is 11.8. The van der Waals surface area contributed by atoms with Crippen molar-refractivity contribution in [2.75, 3.05) is 0 Å². The van der Waals surface area contributed by atoms with Crippen molar-refractivity contribution in [2.24, 2.45) is 0 Å². The average molecular weight is 1130 g/mol. The zero-order valence-corrected chi connectivity index (χ0v) is 47.0. The van der Waals surface area contributed by atoms with Crippen LogP contribution in [0, 0.1) is 0 Å². The van der Waals surface area contributed by atoms with Gasteiger partial charge < -0.3 is 4.74 Å². The summed E-state index contributed by atoms with van der Waals surface area (Å²) in [7, 11) is 0. The van der Waals surface area contributed by atoms with Crippen molar-refractivity contribution in [1.29, 1.82) is 0 Å². The van der Waals surface area contributed by atoms with Crippen LogP contribution in [-0.4, -0.2) is 34.7 Å². The van der Waals surface area contributed by atoms with Gasteiger partial charge in [-0.3, -0.25) is 28.8 Å². The summed E-state index contributed by atoms with van der Waals surface area (Å²) in [5.41, 5.74) is -1.08. The van der Waals surface area contributed by atoms with E-state index in [1.807, 2.05) is 36.4 Å². The predicted octanol–water partition coefficient (Wildman–Crippen LogP) is 16.4. The minimum Gasteiger partial charge on any atom is -0.340 e. The highest BCUT2D eigenvalue weighted by atomic mass is 16.5. The standard InChI is InChI=1S/C80H54O7/c81-73(55-31-7-1-8-32-55)61-43-19-25-49-67(61)79(68-50-26-20-44-62(68)74(82)56-33-9-2-10-34-56,69-51-27-21-45-63(69)75(83)57-35-11-3-12-36-57)87-80(70-52-28-22-46-64(70)76(84)58-37-13-4-14-38-58,71-53-29-23-47-65(71)77(85)59-39-15-5-16-40-59)72-54-30-24-48-66(72)78(86)60-41-17-6-18-42-60/h1-54H. The maximum atomic E-state index is 16.0. The smallest absolute Gasteiger partial charge is 0.193 e. The van der Waals surface area contributed by atoms with E-state index in [0.29, 0.717) is 33.4 Å². The second kappa shape index (κ2) is 24.8. The summed E-state index contributed by atoms with van der Waals surface area (Å²) in [6, 6.07) is 94.6. The Hall–Kier alpha value is -11.4. The van der Waals surface area contributed by atoms with Gasteiger partial charge in [0.1, 0.15) is 11.2 Å². The number of benzene rings is 12. The minimum absolute atomic E-state index is 0.123. The van der Waals surface area contributed by atoms with Gasteiger partial charge >= 0.3 is 0 Å². The van der Waals surface area contributed by atoms with Crippen molar-refractivity contribution < 1.29 is 33.5 Å². The molecule has 0 saturated heterocycles. The van der Waals surface area contributed by atoms with Gasteiger partial charge in [0.15, 0.2) is 34.7 Å². The van der Waals surface area contributed by atoms with Crippen LogP contribution < -0.4 is 0 Å². The lowest BCUT2D eigenvalue weighted by atomic mass is 9.68. The van der Waals surface area contributed by atoms with Crippen molar-refractivity contribution >= 4 is 34.7 Å². The molecule has 0 heterocycles. The number of rotatable bonds is 20. The molecule has 0 aromatic heterocycles. The first-order chi connectivity index (χ1) is 42.7. The summed E-state index contributed by atoms with van der Waals surface area (Å²) >= 11 is 0. The Bertz CT molecular complexity index is 3770. The number of carbonyl (C=O) groups excluding carboxylic acids is 6. The first-order valence-electron chi connectivity index (χ1n) is 28.6. The van der Waals surface area contributed by atoms with E-state index in [1.54, 1.807) is 291 Å². The lowest BCUT2D eigenvalue weighted by Crippen LogP contribution is -2.48. The molecule has 7 heteroatoms. The van der Waals surface area contributed by atoms with Crippen LogP contribution in [0.2, 0.25) is 0 Å². The van der Waals surface area contributed by atoms with E-state index in [-0.39, 0.29) is 66.8 Å². The van der Waals surface area contributed by atoms with E-state index in [9.17, 15) is 0 Å². The summed E-state index contributed by atoms with van der Waals surface area (Å²) < 4.78 is 8.99. The van der Waals surface area contributed by atoms with Gasteiger partial charge in [0.2, 0.25) is 0 Å². The summed E-state index contributed by atoms with van der Waals surface area (Å²) in [6.45, 7) is 0. The molecule has 0 saturated carbocycles. The van der Waals surface area contributed by atoms with E-state index < -0.39 is 45.9 Å². The number of ether oxygens (including phenoxy) is 1. The molecule has 0 unspecified atom stereocenters. The van der Waals surface area contributed by atoms with E-state index in [2.05, 4.69) is 0 Å². The maximum Gasteiger partial charge on any atom is 0.193 e. The van der Waals surface area contributed by atoms with Gasteiger partial charge in [0, 0.05) is 100 Å². The third-order valence-corrected chi connectivity index (χ3v) is 15.8. The molecular weight excluding hydrogens is 1070 g/mol. The second-order valence-corrected chi connectivity index (χ2v) is 20.9. The first kappa shape index (κ1) is 56.1. The highest BCUT2D eigenvalue weighted by Gasteiger charge is 2.55. The normalized spacial score (nSPS) is 11.3. The lowest BCUT2D eigenvalue weighted by Gasteiger charge is -2.48. The van der Waals surface area contributed by atoms with Gasteiger partial charge in [-0.15, -0.1) is 0 Å². The van der Waals surface area contributed by atoms with Crippen LogP contribution in [0.25, 0.3) is 0 Å². The van der Waals surface area contributed by atoms with Gasteiger partial charge in [-0.25, -0.2) is 0 Å². The first-order valence-corrected chi connectivity index (χ1v) is 28.6. The fourth-order valence-corrected chi connectivity index (χ4v) is 11.8. The van der Waals surface area contributed by atoms with E-state index in [0.717, 1.165) is 0 Å². The molecular formula is C80H54O7. The van der Waals surface area contributed by atoms with Gasteiger partial charge in [-0.1, -0.05) is 328 Å². The second-order valence-electron chi connectivity index (χ2n) is 20.9. The third-order valence-electron chi connectivity index (χ3n) is 15.8.